The van der Waals surface area contributed by atoms with Crippen LogP contribution in [0.2, 0.25) is 0 Å². The van der Waals surface area contributed by atoms with E-state index in [0.717, 1.165) is 11.3 Å². The Hall–Kier alpha value is -3.02. The second-order valence-electron chi connectivity index (χ2n) is 5.83. The lowest BCUT2D eigenvalue weighted by molar-refractivity contribution is -0.124. The van der Waals surface area contributed by atoms with Gasteiger partial charge >= 0.3 is 5.76 Å². The number of amides is 1. The summed E-state index contributed by atoms with van der Waals surface area (Å²) in [5, 5.41) is 2.78. The zero-order valence-electron chi connectivity index (χ0n) is 14.2. The van der Waals surface area contributed by atoms with Crippen molar-refractivity contribution in [2.45, 2.75) is 19.9 Å². The van der Waals surface area contributed by atoms with Crippen molar-refractivity contribution in [3.05, 3.63) is 64.6 Å². The van der Waals surface area contributed by atoms with Gasteiger partial charge in [0.1, 0.15) is 18.4 Å². The predicted molar refractivity (Wildman–Crippen MR) is 94.9 cm³/mol. The molecule has 1 unspecified atom stereocenters. The van der Waals surface area contributed by atoms with Crippen LogP contribution in [-0.2, 0) is 4.79 Å². The molecule has 1 amide bonds. The van der Waals surface area contributed by atoms with Crippen molar-refractivity contribution < 1.29 is 13.9 Å². The molecule has 6 nitrogen and oxygen atoms in total. The predicted octanol–water partition coefficient (Wildman–Crippen LogP) is 2.66. The average Bonchev–Trinajstić information content (AvgIpc) is 2.95. The van der Waals surface area contributed by atoms with Gasteiger partial charge in [-0.15, -0.1) is 0 Å². The molecule has 0 aliphatic carbocycles. The first-order valence-corrected chi connectivity index (χ1v) is 8.13. The van der Waals surface area contributed by atoms with E-state index in [2.05, 4.69) is 5.32 Å². The number of benzene rings is 2. The molecule has 0 aliphatic heterocycles. The van der Waals surface area contributed by atoms with Crippen LogP contribution in [0.25, 0.3) is 11.1 Å². The molecule has 0 aliphatic rings. The van der Waals surface area contributed by atoms with Crippen molar-refractivity contribution in [2.75, 3.05) is 13.2 Å². The number of aryl methyl sites for hydroxylation is 1. The van der Waals surface area contributed by atoms with Crippen LogP contribution in [0.15, 0.2) is 57.7 Å². The van der Waals surface area contributed by atoms with Crippen molar-refractivity contribution in [3.8, 4) is 5.75 Å². The van der Waals surface area contributed by atoms with Crippen molar-refractivity contribution in [3.63, 3.8) is 0 Å². The second kappa shape index (κ2) is 7.25. The number of hydrogen-bond donors (Lipinski definition) is 1. The van der Waals surface area contributed by atoms with Gasteiger partial charge in [0, 0.05) is 0 Å². The maximum absolute atomic E-state index is 12.3. The molecule has 1 N–H and O–H groups in total. The number of carbonyl (C=O) groups is 1. The molecule has 1 heterocycles. The lowest BCUT2D eigenvalue weighted by Gasteiger charge is -2.13. The Kier molecular flexibility index (Phi) is 4.88. The van der Waals surface area contributed by atoms with Gasteiger partial charge in [0.25, 0.3) is 0 Å². The summed E-state index contributed by atoms with van der Waals surface area (Å²) in [6.45, 7) is 4.37. The first kappa shape index (κ1) is 16.8. The Morgan fingerprint density at radius 3 is 2.68 bits per heavy atom. The van der Waals surface area contributed by atoms with E-state index in [1.165, 1.54) is 4.57 Å². The molecule has 130 valence electrons. The highest BCUT2D eigenvalue weighted by Gasteiger charge is 2.20. The van der Waals surface area contributed by atoms with E-state index in [1.807, 2.05) is 31.2 Å². The smallest absolute Gasteiger partial charge is 0.420 e. The third kappa shape index (κ3) is 3.74. The minimum Gasteiger partial charge on any atom is -0.492 e. The van der Waals surface area contributed by atoms with Crippen LogP contribution in [0, 0.1) is 6.92 Å². The summed E-state index contributed by atoms with van der Waals surface area (Å²) in [7, 11) is 0. The Bertz CT molecular complexity index is 924. The monoisotopic (exact) mass is 340 g/mol. The van der Waals surface area contributed by atoms with Crippen molar-refractivity contribution in [2.24, 2.45) is 0 Å². The summed E-state index contributed by atoms with van der Waals surface area (Å²) in [5.41, 5.74) is 2.23. The van der Waals surface area contributed by atoms with E-state index in [9.17, 15) is 9.59 Å². The van der Waals surface area contributed by atoms with Gasteiger partial charge in [0.15, 0.2) is 5.58 Å². The Labute approximate surface area is 145 Å². The van der Waals surface area contributed by atoms with Gasteiger partial charge in [-0.2, -0.15) is 0 Å². The number of para-hydroxylation sites is 2. The summed E-state index contributed by atoms with van der Waals surface area (Å²) < 4.78 is 12.1. The molecule has 1 atom stereocenters. The topological polar surface area (TPSA) is 73.5 Å². The number of rotatable bonds is 6. The Morgan fingerprint density at radius 2 is 1.92 bits per heavy atom. The van der Waals surface area contributed by atoms with Crippen LogP contribution < -0.4 is 15.8 Å². The molecule has 0 saturated heterocycles. The lowest BCUT2D eigenvalue weighted by Crippen LogP contribution is -2.36. The van der Waals surface area contributed by atoms with Crippen molar-refractivity contribution in [1.82, 2.24) is 9.88 Å². The highest BCUT2D eigenvalue weighted by Crippen LogP contribution is 2.16. The fraction of sp³-hybridized carbons (Fsp3) is 0.263. The SMILES string of the molecule is Cc1ccc(OCCNC(=O)C(C)n2c(=O)oc3ccccc32)cc1. The third-order valence-electron chi connectivity index (χ3n) is 3.98. The van der Waals surface area contributed by atoms with Gasteiger partial charge in [-0.3, -0.25) is 9.36 Å². The lowest BCUT2D eigenvalue weighted by atomic mass is 10.2. The molecule has 0 radical (unpaired) electrons. The normalized spacial score (nSPS) is 12.1. The van der Waals surface area contributed by atoms with Gasteiger partial charge in [-0.1, -0.05) is 29.8 Å². The number of ether oxygens (including phenoxy) is 1. The summed E-state index contributed by atoms with van der Waals surface area (Å²) in [5.74, 6) is -0.0501. The summed E-state index contributed by atoms with van der Waals surface area (Å²) in [6, 6.07) is 14.1. The number of carbonyl (C=O) groups excluding carboxylic acids is 1. The molecular formula is C19H20N2O4. The number of fused-ring (bicyclic) bond motifs is 1. The molecule has 0 fully saturated rings. The van der Waals surface area contributed by atoms with Crippen molar-refractivity contribution in [1.29, 1.82) is 0 Å². The van der Waals surface area contributed by atoms with E-state index < -0.39 is 11.8 Å². The molecule has 3 rings (SSSR count). The van der Waals surface area contributed by atoms with E-state index in [-0.39, 0.29) is 5.91 Å². The maximum Gasteiger partial charge on any atom is 0.420 e. The Morgan fingerprint density at radius 1 is 1.20 bits per heavy atom. The summed E-state index contributed by atoms with van der Waals surface area (Å²) >= 11 is 0. The van der Waals surface area contributed by atoms with Crippen molar-refractivity contribution >= 4 is 17.0 Å². The van der Waals surface area contributed by atoms with Gasteiger partial charge in [-0.25, -0.2) is 4.79 Å². The number of nitrogens with zero attached hydrogens (tertiary/aromatic N) is 1. The molecule has 3 aromatic rings. The molecule has 1 aromatic heterocycles. The minimum atomic E-state index is -0.671. The van der Waals surface area contributed by atoms with Crippen LogP contribution in [0.5, 0.6) is 5.75 Å². The quantitative estimate of drug-likeness (QED) is 0.700. The fourth-order valence-corrected chi connectivity index (χ4v) is 2.59. The summed E-state index contributed by atoms with van der Waals surface area (Å²) in [4.78, 5) is 24.3. The zero-order chi connectivity index (χ0) is 17.8. The van der Waals surface area contributed by atoms with E-state index in [0.29, 0.717) is 24.3 Å². The van der Waals surface area contributed by atoms with Crippen LogP contribution in [-0.4, -0.2) is 23.6 Å². The van der Waals surface area contributed by atoms with E-state index in [4.69, 9.17) is 9.15 Å². The van der Waals surface area contributed by atoms with Gasteiger partial charge < -0.3 is 14.5 Å². The number of hydrogen-bond acceptors (Lipinski definition) is 4. The molecule has 6 heteroatoms. The van der Waals surface area contributed by atoms with Gasteiger partial charge in [0.2, 0.25) is 5.91 Å². The molecule has 0 saturated carbocycles. The second-order valence-corrected chi connectivity index (χ2v) is 5.83. The van der Waals surface area contributed by atoms with Gasteiger partial charge in [-0.05, 0) is 38.1 Å². The summed E-state index contributed by atoms with van der Waals surface area (Å²) in [6.07, 6.45) is 0. The molecule has 0 bridgehead atoms. The van der Waals surface area contributed by atoms with Crippen LogP contribution in [0.3, 0.4) is 0 Å². The molecular weight excluding hydrogens is 320 g/mol. The number of aromatic nitrogens is 1. The Balaban J connectivity index is 1.58. The minimum absolute atomic E-state index is 0.263. The number of oxazole rings is 1. The van der Waals surface area contributed by atoms with Crippen LogP contribution in [0.1, 0.15) is 18.5 Å². The number of nitrogens with one attached hydrogen (secondary N) is 1. The molecule has 2 aromatic carbocycles. The largest absolute Gasteiger partial charge is 0.492 e. The highest BCUT2D eigenvalue weighted by atomic mass is 16.5. The fourth-order valence-electron chi connectivity index (χ4n) is 2.59. The first-order valence-electron chi connectivity index (χ1n) is 8.13. The zero-order valence-corrected chi connectivity index (χ0v) is 14.2. The highest BCUT2D eigenvalue weighted by molar-refractivity contribution is 5.82. The van der Waals surface area contributed by atoms with Gasteiger partial charge in [0.05, 0.1) is 12.1 Å². The molecule has 0 spiro atoms. The van der Waals surface area contributed by atoms with E-state index in [1.54, 1.807) is 31.2 Å². The third-order valence-corrected chi connectivity index (χ3v) is 3.98. The molecule has 25 heavy (non-hydrogen) atoms. The standard InChI is InChI=1S/C19H20N2O4/c1-13-7-9-15(10-8-13)24-12-11-20-18(22)14(2)21-16-5-3-4-6-17(16)25-19(21)23/h3-10,14H,11-12H2,1-2H3,(H,20,22). The van der Waals surface area contributed by atoms with Crippen LogP contribution in [0.4, 0.5) is 0 Å². The van der Waals surface area contributed by atoms with Crippen LogP contribution >= 0.6 is 0 Å². The first-order chi connectivity index (χ1) is 12.1. The maximum atomic E-state index is 12.3. The average molecular weight is 340 g/mol. The van der Waals surface area contributed by atoms with E-state index >= 15 is 0 Å².